The molecule has 49 heavy (non-hydrogen) atoms. The summed E-state index contributed by atoms with van der Waals surface area (Å²) in [6.45, 7) is 7.48. The van der Waals surface area contributed by atoms with Crippen molar-refractivity contribution in [1.29, 1.82) is 0 Å². The first kappa shape index (κ1) is 33.7. The van der Waals surface area contributed by atoms with Gasteiger partial charge in [0.15, 0.2) is 0 Å². The summed E-state index contributed by atoms with van der Waals surface area (Å²) in [6, 6.07) is 7.79. The SMILES string of the molecule is COCC(C)COc1nn(C2CCC(N3[C@@H]4CC[C@H]3COC4)CC2)cc1Nc1ncc(-c2ccc(Cl)c(O[C@@H](C)Cn3cncn3)c2)cn1. The van der Waals surface area contributed by atoms with E-state index in [2.05, 4.69) is 41.9 Å². The van der Waals surface area contributed by atoms with Gasteiger partial charge in [-0.05, 0) is 63.1 Å². The van der Waals surface area contributed by atoms with Crippen LogP contribution in [0.1, 0.15) is 58.4 Å². The van der Waals surface area contributed by atoms with Gasteiger partial charge in [-0.2, -0.15) is 5.10 Å². The van der Waals surface area contributed by atoms with Crippen molar-refractivity contribution in [2.24, 2.45) is 5.92 Å². The molecule has 1 unspecified atom stereocenters. The highest BCUT2D eigenvalue weighted by Gasteiger charge is 2.42. The average molecular weight is 692 g/mol. The van der Waals surface area contributed by atoms with E-state index in [0.29, 0.717) is 66.5 Å². The van der Waals surface area contributed by atoms with Crippen LogP contribution in [0, 0.1) is 5.92 Å². The van der Waals surface area contributed by atoms with Crippen LogP contribution >= 0.6 is 11.6 Å². The summed E-state index contributed by atoms with van der Waals surface area (Å²) >= 11 is 6.48. The highest BCUT2D eigenvalue weighted by Crippen LogP contribution is 2.40. The van der Waals surface area contributed by atoms with Crippen molar-refractivity contribution in [3.63, 3.8) is 0 Å². The molecule has 1 N–H and O–H groups in total. The molecule has 3 aromatic heterocycles. The van der Waals surface area contributed by atoms with E-state index in [9.17, 15) is 0 Å². The number of fused-ring (bicyclic) bond motifs is 2. The molecule has 14 heteroatoms. The summed E-state index contributed by atoms with van der Waals surface area (Å²) in [6.07, 6.45) is 15.7. The van der Waals surface area contributed by atoms with E-state index in [4.69, 9.17) is 35.6 Å². The quantitative estimate of drug-likeness (QED) is 0.172. The van der Waals surface area contributed by atoms with Gasteiger partial charge in [-0.3, -0.25) is 9.58 Å². The number of methoxy groups -OCH3 is 1. The lowest BCUT2D eigenvalue weighted by Gasteiger charge is -2.43. The van der Waals surface area contributed by atoms with Crippen molar-refractivity contribution in [2.45, 2.75) is 89.2 Å². The van der Waals surface area contributed by atoms with Gasteiger partial charge < -0.3 is 24.3 Å². The zero-order valence-corrected chi connectivity index (χ0v) is 29.2. The number of nitrogens with one attached hydrogen (secondary N) is 1. The second kappa shape index (κ2) is 15.4. The monoisotopic (exact) mass is 691 g/mol. The average Bonchev–Trinajstić information content (AvgIpc) is 3.83. The fourth-order valence-electron chi connectivity index (χ4n) is 7.47. The van der Waals surface area contributed by atoms with Gasteiger partial charge in [-0.15, -0.1) is 5.10 Å². The van der Waals surface area contributed by atoms with Crippen molar-refractivity contribution in [1.82, 2.24) is 39.4 Å². The van der Waals surface area contributed by atoms with E-state index < -0.39 is 0 Å². The number of halogens is 1. The lowest BCUT2D eigenvalue weighted by molar-refractivity contribution is -0.0458. The Morgan fingerprint density at radius 1 is 0.959 bits per heavy atom. The van der Waals surface area contributed by atoms with E-state index in [1.165, 1.54) is 32.0 Å². The molecule has 262 valence electrons. The third-order valence-corrected chi connectivity index (χ3v) is 10.1. The Morgan fingerprint density at radius 2 is 1.69 bits per heavy atom. The first-order chi connectivity index (χ1) is 23.9. The number of morpholine rings is 1. The fourth-order valence-corrected chi connectivity index (χ4v) is 7.63. The van der Waals surface area contributed by atoms with Crippen LogP contribution < -0.4 is 14.8 Å². The summed E-state index contributed by atoms with van der Waals surface area (Å²) in [5.74, 6) is 1.80. The fraction of sp³-hybridized carbons (Fsp3) is 0.571. The van der Waals surface area contributed by atoms with Crippen LogP contribution in [0.3, 0.4) is 0 Å². The van der Waals surface area contributed by atoms with Crippen molar-refractivity contribution in [3.05, 3.63) is 54.5 Å². The molecule has 13 nitrogen and oxygen atoms in total. The van der Waals surface area contributed by atoms with E-state index in [1.807, 2.05) is 31.3 Å². The molecule has 4 aromatic rings. The zero-order valence-electron chi connectivity index (χ0n) is 28.4. The van der Waals surface area contributed by atoms with Gasteiger partial charge in [0.25, 0.3) is 5.88 Å². The molecule has 3 aliphatic rings. The predicted molar refractivity (Wildman–Crippen MR) is 185 cm³/mol. The molecule has 2 aliphatic heterocycles. The highest BCUT2D eigenvalue weighted by molar-refractivity contribution is 6.32. The second-order valence-electron chi connectivity index (χ2n) is 13.6. The highest BCUT2D eigenvalue weighted by atomic mass is 35.5. The topological polar surface area (TPSA) is 127 Å². The van der Waals surface area contributed by atoms with Gasteiger partial charge in [-0.1, -0.05) is 24.6 Å². The van der Waals surface area contributed by atoms with Gasteiger partial charge in [0.1, 0.15) is 30.2 Å². The van der Waals surface area contributed by atoms with E-state index in [0.717, 1.165) is 42.9 Å². The number of nitrogens with zero attached hydrogens (tertiary/aromatic N) is 8. The lowest BCUT2D eigenvalue weighted by Crippen LogP contribution is -2.52. The van der Waals surface area contributed by atoms with Crippen molar-refractivity contribution >= 4 is 23.2 Å². The first-order valence-corrected chi connectivity index (χ1v) is 17.8. The summed E-state index contributed by atoms with van der Waals surface area (Å²) < 4.78 is 27.4. The van der Waals surface area contributed by atoms with Gasteiger partial charge in [0.05, 0.1) is 50.2 Å². The first-order valence-electron chi connectivity index (χ1n) is 17.4. The molecule has 0 amide bonds. The van der Waals surface area contributed by atoms with Crippen molar-refractivity contribution < 1.29 is 18.9 Å². The number of benzene rings is 1. The summed E-state index contributed by atoms with van der Waals surface area (Å²) in [5.41, 5.74) is 2.47. The molecule has 5 heterocycles. The van der Waals surface area contributed by atoms with Crippen LogP contribution in [-0.4, -0.2) is 97.2 Å². The Morgan fingerprint density at radius 3 is 2.41 bits per heavy atom. The van der Waals surface area contributed by atoms with Gasteiger partial charge in [0.2, 0.25) is 5.95 Å². The van der Waals surface area contributed by atoms with E-state index in [1.54, 1.807) is 30.5 Å². The summed E-state index contributed by atoms with van der Waals surface area (Å²) in [7, 11) is 1.71. The zero-order chi connectivity index (χ0) is 33.7. The Labute approximate surface area is 292 Å². The number of anilines is 2. The molecular formula is C35H46ClN9O4. The largest absolute Gasteiger partial charge is 0.487 e. The minimum atomic E-state index is -0.165. The minimum absolute atomic E-state index is 0.165. The maximum atomic E-state index is 6.48. The summed E-state index contributed by atoms with van der Waals surface area (Å²) in [4.78, 5) is 16.0. The van der Waals surface area contributed by atoms with Crippen LogP contribution in [-0.2, 0) is 16.0 Å². The Kier molecular flexibility index (Phi) is 10.6. The molecule has 0 radical (unpaired) electrons. The summed E-state index contributed by atoms with van der Waals surface area (Å²) in [5, 5.41) is 13.0. The molecule has 1 aliphatic carbocycles. The molecule has 2 saturated heterocycles. The molecule has 7 rings (SSSR count). The van der Waals surface area contributed by atoms with Gasteiger partial charge in [0, 0.05) is 49.1 Å². The Balaban J connectivity index is 1.02. The third kappa shape index (κ3) is 8.01. The van der Waals surface area contributed by atoms with Gasteiger partial charge >= 0.3 is 0 Å². The van der Waals surface area contributed by atoms with Crippen LogP contribution in [0.2, 0.25) is 5.02 Å². The number of hydrogen-bond donors (Lipinski definition) is 1. The van der Waals surface area contributed by atoms with Crippen molar-refractivity contribution in [3.8, 4) is 22.8 Å². The molecule has 2 bridgehead atoms. The predicted octanol–water partition coefficient (Wildman–Crippen LogP) is 5.80. The normalized spacial score (nSPS) is 23.7. The van der Waals surface area contributed by atoms with Crippen LogP contribution in [0.15, 0.2) is 49.4 Å². The smallest absolute Gasteiger partial charge is 0.256 e. The number of aromatic nitrogens is 7. The van der Waals surface area contributed by atoms with Crippen molar-refractivity contribution in [2.75, 3.05) is 38.9 Å². The Hall–Kier alpha value is -3.78. The molecule has 1 aromatic carbocycles. The Bertz CT molecular complexity index is 1630. The molecule has 3 fully saturated rings. The molecular weight excluding hydrogens is 646 g/mol. The molecule has 1 saturated carbocycles. The standard InChI is InChI=1S/C35H46ClN9O4/c1-23(17-46-3)18-48-34-32(16-44(42-34)27-5-7-28(8-6-27)45-29-9-10-30(45)20-47-19-29)41-35-38-13-26(14-39-35)25-4-11-31(36)33(12-25)49-24(2)15-43-22-37-21-40-43/h4,11-14,16,21-24,27-30H,5-10,15,17-20H2,1-3H3,(H,38,39,41)/t23?,24-,27?,28?,29-,30+/m0/s1. The lowest BCUT2D eigenvalue weighted by atomic mass is 9.89. The number of hydrogen-bond acceptors (Lipinski definition) is 11. The van der Waals surface area contributed by atoms with E-state index in [-0.39, 0.29) is 12.0 Å². The number of ether oxygens (including phenoxy) is 4. The number of rotatable bonds is 14. The van der Waals surface area contributed by atoms with Crippen LogP contribution in [0.4, 0.5) is 11.6 Å². The van der Waals surface area contributed by atoms with E-state index >= 15 is 0 Å². The van der Waals surface area contributed by atoms with Crippen LogP contribution in [0.25, 0.3) is 11.1 Å². The maximum absolute atomic E-state index is 6.48. The van der Waals surface area contributed by atoms with Crippen LogP contribution in [0.5, 0.6) is 11.6 Å². The maximum Gasteiger partial charge on any atom is 0.256 e. The third-order valence-electron chi connectivity index (χ3n) is 9.81. The minimum Gasteiger partial charge on any atom is -0.487 e. The van der Waals surface area contributed by atoms with Gasteiger partial charge in [-0.25, -0.2) is 19.6 Å². The second-order valence-corrected chi connectivity index (χ2v) is 14.1. The molecule has 4 atom stereocenters. The molecule has 0 spiro atoms.